The summed E-state index contributed by atoms with van der Waals surface area (Å²) < 4.78 is 0. The molecule has 0 aliphatic heterocycles. The van der Waals surface area contributed by atoms with Gasteiger partial charge in [-0.1, -0.05) is 0 Å². The van der Waals surface area contributed by atoms with Gasteiger partial charge in [-0.05, 0) is 56.3 Å². The highest BCUT2D eigenvalue weighted by Gasteiger charge is 2.51. The van der Waals surface area contributed by atoms with Crippen molar-refractivity contribution < 1.29 is 0 Å². The number of aromatic nitrogens is 2. The summed E-state index contributed by atoms with van der Waals surface area (Å²) in [5.74, 6) is 4.65. The van der Waals surface area contributed by atoms with E-state index >= 15 is 0 Å². The van der Waals surface area contributed by atoms with E-state index in [9.17, 15) is 0 Å². The van der Waals surface area contributed by atoms with Gasteiger partial charge in [0.1, 0.15) is 11.6 Å². The third-order valence-electron chi connectivity index (χ3n) is 5.32. The summed E-state index contributed by atoms with van der Waals surface area (Å²) in [5.41, 5.74) is 0.315. The minimum atomic E-state index is 0.315. The number of rotatable bonds is 3. The van der Waals surface area contributed by atoms with E-state index in [4.69, 9.17) is 0 Å². The van der Waals surface area contributed by atoms with E-state index in [0.717, 1.165) is 29.4 Å². The topological polar surface area (TPSA) is 49.8 Å². The van der Waals surface area contributed by atoms with Gasteiger partial charge in [-0.15, -0.1) is 0 Å². The summed E-state index contributed by atoms with van der Waals surface area (Å²) in [6, 6.07) is 0. The van der Waals surface area contributed by atoms with Crippen molar-refractivity contribution in [3.8, 4) is 0 Å². The van der Waals surface area contributed by atoms with Gasteiger partial charge in [0.05, 0.1) is 12.4 Å². The second-order valence-electron chi connectivity index (χ2n) is 6.86. The molecular weight excluding hydrogens is 236 g/mol. The molecule has 0 saturated heterocycles. The molecule has 0 aromatic carbocycles. The third kappa shape index (κ3) is 1.97. The summed E-state index contributed by atoms with van der Waals surface area (Å²) in [6.07, 6.45) is 12.1. The largest absolute Gasteiger partial charge is 0.372 e. The van der Waals surface area contributed by atoms with Crippen molar-refractivity contribution in [2.45, 2.75) is 44.1 Å². The van der Waals surface area contributed by atoms with Crippen molar-refractivity contribution in [3.05, 3.63) is 12.4 Å². The quantitative estimate of drug-likeness (QED) is 0.875. The first-order valence-electron chi connectivity index (χ1n) is 7.53. The Hall–Kier alpha value is -1.32. The Kier molecular flexibility index (Phi) is 2.47. The number of hydrogen-bond acceptors (Lipinski definition) is 4. The standard InChI is InChI=1S/C15H22N4/c1-16-13-8-17-9-14(18-13)19-15-5-10-2-11(6-15)4-12(3-10)7-15/h8-12H,2-7H2,1H3,(H2,16,18,19). The van der Waals surface area contributed by atoms with Crippen LogP contribution < -0.4 is 10.6 Å². The number of anilines is 2. The summed E-state index contributed by atoms with van der Waals surface area (Å²) >= 11 is 0. The molecule has 2 N–H and O–H groups in total. The van der Waals surface area contributed by atoms with E-state index in [1.54, 1.807) is 6.20 Å². The van der Waals surface area contributed by atoms with Gasteiger partial charge >= 0.3 is 0 Å². The first kappa shape index (κ1) is 11.5. The number of hydrogen-bond donors (Lipinski definition) is 2. The van der Waals surface area contributed by atoms with Gasteiger partial charge in [0.2, 0.25) is 0 Å². The van der Waals surface area contributed by atoms with Crippen molar-refractivity contribution in [2.24, 2.45) is 17.8 Å². The minimum Gasteiger partial charge on any atom is -0.372 e. The maximum Gasteiger partial charge on any atom is 0.147 e. The Morgan fingerprint density at radius 2 is 1.58 bits per heavy atom. The van der Waals surface area contributed by atoms with Gasteiger partial charge in [-0.3, -0.25) is 4.98 Å². The highest BCUT2D eigenvalue weighted by Crippen LogP contribution is 2.56. The summed E-state index contributed by atoms with van der Waals surface area (Å²) in [7, 11) is 1.89. The van der Waals surface area contributed by atoms with Crippen molar-refractivity contribution in [1.82, 2.24) is 9.97 Å². The minimum absolute atomic E-state index is 0.315. The van der Waals surface area contributed by atoms with Crippen LogP contribution in [-0.4, -0.2) is 22.6 Å². The van der Waals surface area contributed by atoms with Gasteiger partial charge in [0, 0.05) is 12.6 Å². The second-order valence-corrected chi connectivity index (χ2v) is 6.86. The maximum absolute atomic E-state index is 4.58. The Balaban J connectivity index is 1.58. The van der Waals surface area contributed by atoms with Crippen molar-refractivity contribution in [1.29, 1.82) is 0 Å². The van der Waals surface area contributed by atoms with Gasteiger partial charge in [0.15, 0.2) is 0 Å². The monoisotopic (exact) mass is 258 g/mol. The smallest absolute Gasteiger partial charge is 0.147 e. The molecule has 4 nitrogen and oxygen atoms in total. The van der Waals surface area contributed by atoms with E-state index in [1.165, 1.54) is 38.5 Å². The van der Waals surface area contributed by atoms with E-state index in [2.05, 4.69) is 20.6 Å². The molecule has 0 spiro atoms. The predicted octanol–water partition coefficient (Wildman–Crippen LogP) is 2.90. The first-order valence-corrected chi connectivity index (χ1v) is 7.53. The van der Waals surface area contributed by atoms with Crippen LogP contribution in [0.1, 0.15) is 38.5 Å². The molecule has 4 fully saturated rings. The van der Waals surface area contributed by atoms with E-state index < -0.39 is 0 Å². The molecule has 0 radical (unpaired) electrons. The summed E-state index contributed by atoms with van der Waals surface area (Å²) in [6.45, 7) is 0. The molecule has 0 amide bonds. The second kappa shape index (κ2) is 4.09. The van der Waals surface area contributed by atoms with Crippen LogP contribution in [0.15, 0.2) is 12.4 Å². The lowest BCUT2D eigenvalue weighted by Crippen LogP contribution is -2.54. The van der Waals surface area contributed by atoms with E-state index in [1.807, 2.05) is 13.2 Å². The Labute approximate surface area is 114 Å². The SMILES string of the molecule is CNc1cncc(NC23CC4CC(CC(C4)C2)C3)n1. The molecule has 19 heavy (non-hydrogen) atoms. The molecule has 4 aliphatic rings. The van der Waals surface area contributed by atoms with Crippen LogP contribution in [0.4, 0.5) is 11.6 Å². The summed E-state index contributed by atoms with van der Waals surface area (Å²) in [4.78, 5) is 8.85. The van der Waals surface area contributed by atoms with Gasteiger partial charge in [-0.2, -0.15) is 0 Å². The molecule has 4 saturated carbocycles. The molecule has 5 rings (SSSR count). The van der Waals surface area contributed by atoms with Gasteiger partial charge in [0.25, 0.3) is 0 Å². The average Bonchev–Trinajstić information content (AvgIpc) is 2.36. The van der Waals surface area contributed by atoms with Crippen LogP contribution in [0.3, 0.4) is 0 Å². The van der Waals surface area contributed by atoms with Gasteiger partial charge < -0.3 is 10.6 Å². The zero-order chi connectivity index (χ0) is 12.9. The molecule has 4 aliphatic carbocycles. The molecule has 0 atom stereocenters. The van der Waals surface area contributed by atoms with Crippen molar-refractivity contribution >= 4 is 11.6 Å². The van der Waals surface area contributed by atoms with Crippen LogP contribution >= 0.6 is 0 Å². The molecular formula is C15H22N4. The Bertz CT molecular complexity index is 450. The lowest BCUT2D eigenvalue weighted by Gasteiger charge is -2.57. The molecule has 0 unspecified atom stereocenters. The molecule has 102 valence electrons. The number of nitrogens with zero attached hydrogens (tertiary/aromatic N) is 2. The molecule has 1 aromatic heterocycles. The lowest BCUT2D eigenvalue weighted by molar-refractivity contribution is 0.0105. The van der Waals surface area contributed by atoms with Gasteiger partial charge in [-0.25, -0.2) is 4.98 Å². The molecule has 4 bridgehead atoms. The fourth-order valence-corrected chi connectivity index (χ4v) is 5.08. The first-order chi connectivity index (χ1) is 9.25. The van der Waals surface area contributed by atoms with Crippen molar-refractivity contribution in [2.75, 3.05) is 17.7 Å². The van der Waals surface area contributed by atoms with E-state index in [-0.39, 0.29) is 0 Å². The highest BCUT2D eigenvalue weighted by molar-refractivity contribution is 5.43. The van der Waals surface area contributed by atoms with Crippen LogP contribution in [-0.2, 0) is 0 Å². The molecule has 1 heterocycles. The fourth-order valence-electron chi connectivity index (χ4n) is 5.08. The van der Waals surface area contributed by atoms with Crippen LogP contribution in [0.5, 0.6) is 0 Å². The van der Waals surface area contributed by atoms with Crippen LogP contribution in [0, 0.1) is 17.8 Å². The third-order valence-corrected chi connectivity index (χ3v) is 5.32. The average molecular weight is 258 g/mol. The molecule has 1 aromatic rings. The molecule has 4 heteroatoms. The number of nitrogens with one attached hydrogen (secondary N) is 2. The lowest BCUT2D eigenvalue weighted by atomic mass is 9.53. The zero-order valence-corrected chi connectivity index (χ0v) is 11.5. The maximum atomic E-state index is 4.58. The zero-order valence-electron chi connectivity index (χ0n) is 11.5. The normalized spacial score (nSPS) is 39.3. The fraction of sp³-hybridized carbons (Fsp3) is 0.733. The van der Waals surface area contributed by atoms with Crippen LogP contribution in [0.2, 0.25) is 0 Å². The van der Waals surface area contributed by atoms with Crippen molar-refractivity contribution in [3.63, 3.8) is 0 Å². The Morgan fingerprint density at radius 3 is 2.16 bits per heavy atom. The van der Waals surface area contributed by atoms with Crippen LogP contribution in [0.25, 0.3) is 0 Å². The highest BCUT2D eigenvalue weighted by atomic mass is 15.1. The van der Waals surface area contributed by atoms with E-state index in [0.29, 0.717) is 5.54 Å². The summed E-state index contributed by atoms with van der Waals surface area (Å²) in [5, 5.41) is 6.81. The predicted molar refractivity (Wildman–Crippen MR) is 76.1 cm³/mol. The Morgan fingerprint density at radius 1 is 1.00 bits per heavy atom.